The molecule has 2 amide bonds. The van der Waals surface area contributed by atoms with Crippen molar-refractivity contribution in [3.63, 3.8) is 0 Å². The van der Waals surface area contributed by atoms with Crippen LogP contribution in [0.1, 0.15) is 31.2 Å². The maximum absolute atomic E-state index is 14.0. The van der Waals surface area contributed by atoms with E-state index < -0.39 is 5.82 Å². The average molecular weight is 410 g/mol. The Morgan fingerprint density at radius 1 is 1.11 bits per heavy atom. The Labute approximate surface area is 171 Å². The van der Waals surface area contributed by atoms with E-state index in [9.17, 15) is 14.0 Å². The Morgan fingerprint density at radius 3 is 2.57 bits per heavy atom. The molecule has 0 unspecified atom stereocenters. The summed E-state index contributed by atoms with van der Waals surface area (Å²) in [5, 5.41) is 0.291. The molecule has 1 aromatic rings. The van der Waals surface area contributed by atoms with Crippen LogP contribution < -0.4 is 0 Å². The molecule has 0 N–H and O–H groups in total. The second-order valence-corrected chi connectivity index (χ2v) is 8.35. The summed E-state index contributed by atoms with van der Waals surface area (Å²) in [6, 6.07) is 4.48. The van der Waals surface area contributed by atoms with Crippen molar-refractivity contribution in [2.45, 2.75) is 32.1 Å². The van der Waals surface area contributed by atoms with Gasteiger partial charge in [-0.15, -0.1) is 0 Å². The van der Waals surface area contributed by atoms with Gasteiger partial charge < -0.3 is 14.7 Å². The molecule has 0 saturated carbocycles. The van der Waals surface area contributed by atoms with E-state index in [1.54, 1.807) is 17.0 Å². The lowest BCUT2D eigenvalue weighted by atomic mass is 9.92. The normalized spacial score (nSPS) is 21.0. The summed E-state index contributed by atoms with van der Waals surface area (Å²) in [6.45, 7) is 4.78. The van der Waals surface area contributed by atoms with E-state index in [0.717, 1.165) is 45.4 Å². The van der Waals surface area contributed by atoms with Crippen molar-refractivity contribution in [2.75, 3.05) is 46.3 Å². The molecule has 0 spiro atoms. The molecule has 2 heterocycles. The molecule has 2 aliphatic rings. The summed E-state index contributed by atoms with van der Waals surface area (Å²) in [5.41, 5.74) is 0.265. The van der Waals surface area contributed by atoms with Crippen LogP contribution in [-0.4, -0.2) is 72.8 Å². The van der Waals surface area contributed by atoms with Gasteiger partial charge in [-0.1, -0.05) is 17.7 Å². The molecule has 1 atom stereocenters. The minimum absolute atomic E-state index is 0.0154. The summed E-state index contributed by atoms with van der Waals surface area (Å²) in [5.74, 6) is 0.00849. The van der Waals surface area contributed by atoms with E-state index in [1.165, 1.54) is 6.07 Å². The van der Waals surface area contributed by atoms with E-state index in [1.807, 2.05) is 4.90 Å². The SMILES string of the molecule is CN1CCN(C(=O)CC[C@@H]2CCCN(C(=O)Cc3c(F)cccc3Cl)C2)CC1. The first-order chi connectivity index (χ1) is 13.4. The third kappa shape index (κ3) is 5.45. The van der Waals surface area contributed by atoms with Crippen molar-refractivity contribution >= 4 is 23.4 Å². The number of halogens is 2. The van der Waals surface area contributed by atoms with Crippen LogP contribution in [0.4, 0.5) is 4.39 Å². The molecule has 2 saturated heterocycles. The summed E-state index contributed by atoms with van der Waals surface area (Å²) < 4.78 is 14.0. The highest BCUT2D eigenvalue weighted by molar-refractivity contribution is 6.31. The van der Waals surface area contributed by atoms with Gasteiger partial charge in [-0.2, -0.15) is 0 Å². The highest BCUT2D eigenvalue weighted by atomic mass is 35.5. The number of piperazine rings is 1. The topological polar surface area (TPSA) is 43.9 Å². The van der Waals surface area contributed by atoms with Gasteiger partial charge in [0.05, 0.1) is 6.42 Å². The van der Waals surface area contributed by atoms with Crippen LogP contribution in [0.3, 0.4) is 0 Å². The molecule has 2 aliphatic heterocycles. The van der Waals surface area contributed by atoms with Gasteiger partial charge in [0.2, 0.25) is 11.8 Å². The number of nitrogens with zero attached hydrogens (tertiary/aromatic N) is 3. The van der Waals surface area contributed by atoms with Crippen LogP contribution in [-0.2, 0) is 16.0 Å². The fourth-order valence-corrected chi connectivity index (χ4v) is 4.26. The van der Waals surface area contributed by atoms with Gasteiger partial charge in [0.15, 0.2) is 0 Å². The van der Waals surface area contributed by atoms with E-state index >= 15 is 0 Å². The molecule has 1 aromatic carbocycles. The Kier molecular flexibility index (Phi) is 7.30. The molecule has 0 radical (unpaired) electrons. The highest BCUT2D eigenvalue weighted by Crippen LogP contribution is 2.24. The second kappa shape index (κ2) is 9.70. The van der Waals surface area contributed by atoms with Crippen LogP contribution in [0.25, 0.3) is 0 Å². The zero-order valence-corrected chi connectivity index (χ0v) is 17.3. The summed E-state index contributed by atoms with van der Waals surface area (Å²) in [4.78, 5) is 31.1. The van der Waals surface area contributed by atoms with E-state index in [0.29, 0.717) is 30.5 Å². The first-order valence-electron chi connectivity index (χ1n) is 10.1. The minimum atomic E-state index is -0.438. The second-order valence-electron chi connectivity index (χ2n) is 7.95. The lowest BCUT2D eigenvalue weighted by Gasteiger charge is -2.35. The highest BCUT2D eigenvalue weighted by Gasteiger charge is 2.26. The molecule has 0 aliphatic carbocycles. The van der Waals surface area contributed by atoms with Gasteiger partial charge in [-0.05, 0) is 44.4 Å². The predicted octanol–water partition coefficient (Wildman–Crippen LogP) is 2.81. The first kappa shape index (κ1) is 21.1. The number of likely N-dealkylation sites (N-methyl/N-ethyl adjacent to an activating group) is 1. The van der Waals surface area contributed by atoms with Crippen LogP contribution in [0, 0.1) is 11.7 Å². The Hall–Kier alpha value is -1.66. The molecular weight excluding hydrogens is 381 g/mol. The van der Waals surface area contributed by atoms with Crippen LogP contribution >= 0.6 is 11.6 Å². The third-order valence-corrected chi connectivity index (χ3v) is 6.24. The van der Waals surface area contributed by atoms with Crippen molar-refractivity contribution in [3.05, 3.63) is 34.6 Å². The number of benzene rings is 1. The third-order valence-electron chi connectivity index (χ3n) is 5.88. The van der Waals surface area contributed by atoms with Gasteiger partial charge in [0.25, 0.3) is 0 Å². The minimum Gasteiger partial charge on any atom is -0.342 e. The van der Waals surface area contributed by atoms with Crippen molar-refractivity contribution in [3.8, 4) is 0 Å². The monoisotopic (exact) mass is 409 g/mol. The average Bonchev–Trinajstić information content (AvgIpc) is 2.69. The maximum Gasteiger partial charge on any atom is 0.227 e. The lowest BCUT2D eigenvalue weighted by Crippen LogP contribution is -2.47. The molecular formula is C21H29ClFN3O2. The zero-order chi connectivity index (χ0) is 20.1. The molecule has 0 bridgehead atoms. The van der Waals surface area contributed by atoms with Gasteiger partial charge in [0, 0.05) is 56.3 Å². The van der Waals surface area contributed by atoms with Gasteiger partial charge in [-0.25, -0.2) is 4.39 Å². The molecule has 2 fully saturated rings. The van der Waals surface area contributed by atoms with E-state index in [-0.39, 0.29) is 23.8 Å². The quantitative estimate of drug-likeness (QED) is 0.751. The number of hydrogen-bond donors (Lipinski definition) is 0. The Bertz CT molecular complexity index is 687. The van der Waals surface area contributed by atoms with Gasteiger partial charge in [0.1, 0.15) is 5.82 Å². The van der Waals surface area contributed by atoms with Crippen molar-refractivity contribution < 1.29 is 14.0 Å². The molecule has 154 valence electrons. The Morgan fingerprint density at radius 2 is 1.86 bits per heavy atom. The number of hydrogen-bond acceptors (Lipinski definition) is 3. The summed E-state index contributed by atoms with van der Waals surface area (Å²) >= 11 is 6.05. The number of carbonyl (C=O) groups excluding carboxylic acids is 2. The molecule has 7 heteroatoms. The van der Waals surface area contributed by atoms with Crippen molar-refractivity contribution in [1.82, 2.24) is 14.7 Å². The van der Waals surface area contributed by atoms with Crippen molar-refractivity contribution in [2.24, 2.45) is 5.92 Å². The smallest absolute Gasteiger partial charge is 0.227 e. The molecule has 0 aromatic heterocycles. The number of piperidine rings is 1. The van der Waals surface area contributed by atoms with E-state index in [4.69, 9.17) is 11.6 Å². The summed E-state index contributed by atoms with van der Waals surface area (Å²) in [6.07, 6.45) is 3.27. The number of rotatable bonds is 5. The standard InChI is InChI=1S/C21H29ClFN3O2/c1-24-10-12-25(13-11-24)20(27)8-7-16-4-3-9-26(15-16)21(28)14-17-18(22)5-2-6-19(17)23/h2,5-6,16H,3-4,7-15H2,1H3/t16-/m0/s1. The van der Waals surface area contributed by atoms with Crippen molar-refractivity contribution in [1.29, 1.82) is 0 Å². The number of likely N-dealkylation sites (tertiary alicyclic amines) is 1. The largest absolute Gasteiger partial charge is 0.342 e. The lowest BCUT2D eigenvalue weighted by molar-refractivity contribution is -0.133. The van der Waals surface area contributed by atoms with Crippen LogP contribution in [0.2, 0.25) is 5.02 Å². The first-order valence-corrected chi connectivity index (χ1v) is 10.5. The van der Waals surface area contributed by atoms with Gasteiger partial charge in [-0.3, -0.25) is 9.59 Å². The fourth-order valence-electron chi connectivity index (χ4n) is 4.03. The van der Waals surface area contributed by atoms with Crippen LogP contribution in [0.5, 0.6) is 0 Å². The molecule has 28 heavy (non-hydrogen) atoms. The Balaban J connectivity index is 1.48. The van der Waals surface area contributed by atoms with Gasteiger partial charge >= 0.3 is 0 Å². The number of amides is 2. The maximum atomic E-state index is 14.0. The number of carbonyl (C=O) groups is 2. The zero-order valence-electron chi connectivity index (χ0n) is 16.5. The molecule has 3 rings (SSSR count). The summed E-state index contributed by atoms with van der Waals surface area (Å²) in [7, 11) is 2.07. The fraction of sp³-hybridized carbons (Fsp3) is 0.619. The van der Waals surface area contributed by atoms with Crippen LogP contribution in [0.15, 0.2) is 18.2 Å². The molecule has 5 nitrogen and oxygen atoms in total. The van der Waals surface area contributed by atoms with E-state index in [2.05, 4.69) is 11.9 Å². The predicted molar refractivity (Wildman–Crippen MR) is 108 cm³/mol.